The quantitative estimate of drug-likeness (QED) is 0.645. The maximum Gasteiger partial charge on any atom is 0.272 e. The zero-order chi connectivity index (χ0) is 10.3. The lowest BCUT2D eigenvalue weighted by Crippen LogP contribution is -1.88. The van der Waals surface area contributed by atoms with Crippen molar-refractivity contribution < 1.29 is 0 Å². The van der Waals surface area contributed by atoms with E-state index in [1.165, 1.54) is 0 Å². The van der Waals surface area contributed by atoms with Crippen LogP contribution in [0.1, 0.15) is 5.82 Å². The van der Waals surface area contributed by atoms with Gasteiger partial charge in [0, 0.05) is 5.56 Å². The highest BCUT2D eigenvalue weighted by Gasteiger charge is 2.07. The average Bonchev–Trinajstić information content (AvgIpc) is 2.83. The number of benzene rings is 1. The van der Waals surface area contributed by atoms with Crippen LogP contribution >= 0.6 is 0 Å². The molecule has 0 saturated heterocycles. The summed E-state index contributed by atoms with van der Waals surface area (Å²) in [4.78, 5) is 4.34. The molecular weight excluding hydrogens is 190 g/mol. The largest absolute Gasteiger partial charge is 0.272 e. The minimum absolute atomic E-state index is 0.603. The first kappa shape index (κ1) is 8.16. The van der Waals surface area contributed by atoms with Crippen LogP contribution in [0, 0.1) is 6.92 Å². The van der Waals surface area contributed by atoms with Crippen molar-refractivity contribution in [3.8, 4) is 11.4 Å². The summed E-state index contributed by atoms with van der Waals surface area (Å²) in [6.07, 6.45) is 0. The molecule has 0 fully saturated rings. The number of nitrogens with one attached hydrogen (secondary N) is 1. The van der Waals surface area contributed by atoms with E-state index in [0.717, 1.165) is 17.2 Å². The van der Waals surface area contributed by atoms with Gasteiger partial charge in [-0.15, -0.1) is 10.2 Å². The van der Waals surface area contributed by atoms with Crippen LogP contribution in [-0.4, -0.2) is 24.8 Å². The molecule has 0 amide bonds. The molecule has 2 aromatic heterocycles. The van der Waals surface area contributed by atoms with Gasteiger partial charge in [-0.1, -0.05) is 30.3 Å². The zero-order valence-electron chi connectivity index (χ0n) is 8.18. The van der Waals surface area contributed by atoms with Gasteiger partial charge in [0.05, 0.1) is 0 Å². The Hall–Kier alpha value is -2.17. The molecule has 3 aromatic rings. The summed E-state index contributed by atoms with van der Waals surface area (Å²) < 4.78 is 1.77. The number of nitrogens with zero attached hydrogens (tertiary/aromatic N) is 4. The second-order valence-corrected chi connectivity index (χ2v) is 3.32. The maximum atomic E-state index is 4.34. The molecule has 1 aromatic carbocycles. The highest BCUT2D eigenvalue weighted by molar-refractivity contribution is 5.56. The highest BCUT2D eigenvalue weighted by atomic mass is 15.4. The van der Waals surface area contributed by atoms with Crippen LogP contribution in [0.15, 0.2) is 30.3 Å². The van der Waals surface area contributed by atoms with Crippen LogP contribution < -0.4 is 0 Å². The van der Waals surface area contributed by atoms with Gasteiger partial charge >= 0.3 is 0 Å². The van der Waals surface area contributed by atoms with E-state index < -0.39 is 0 Å². The van der Waals surface area contributed by atoms with Gasteiger partial charge in [-0.05, 0) is 6.92 Å². The Balaban J connectivity index is 2.20. The lowest BCUT2D eigenvalue weighted by molar-refractivity contribution is 0.896. The zero-order valence-corrected chi connectivity index (χ0v) is 8.18. The fourth-order valence-electron chi connectivity index (χ4n) is 1.51. The first-order chi connectivity index (χ1) is 7.34. The summed E-state index contributed by atoms with van der Waals surface area (Å²) in [5.41, 5.74) is 1.04. The predicted molar refractivity (Wildman–Crippen MR) is 55.3 cm³/mol. The van der Waals surface area contributed by atoms with Gasteiger partial charge in [-0.25, -0.2) is 4.52 Å². The van der Waals surface area contributed by atoms with E-state index in [4.69, 9.17) is 0 Å². The molecule has 0 spiro atoms. The predicted octanol–water partition coefficient (Wildman–Crippen LogP) is 1.43. The van der Waals surface area contributed by atoms with Crippen LogP contribution in [0.4, 0.5) is 0 Å². The Morgan fingerprint density at radius 2 is 1.93 bits per heavy atom. The smallest absolute Gasteiger partial charge is 0.272 e. The first-order valence-corrected chi connectivity index (χ1v) is 4.68. The Morgan fingerprint density at radius 1 is 1.13 bits per heavy atom. The van der Waals surface area contributed by atoms with Gasteiger partial charge < -0.3 is 0 Å². The Bertz CT molecular complexity index is 593. The number of fused-ring (bicyclic) bond motifs is 1. The van der Waals surface area contributed by atoms with Crippen molar-refractivity contribution in [1.82, 2.24) is 24.8 Å². The van der Waals surface area contributed by atoms with Crippen molar-refractivity contribution in [3.63, 3.8) is 0 Å². The fraction of sp³-hybridized carbons (Fsp3) is 0.100. The van der Waals surface area contributed by atoms with Crippen LogP contribution in [0.2, 0.25) is 0 Å². The summed E-state index contributed by atoms with van der Waals surface area (Å²) in [5.74, 6) is 2.22. The molecule has 74 valence electrons. The van der Waals surface area contributed by atoms with E-state index in [0.29, 0.717) is 5.78 Å². The number of aromatic amines is 1. The minimum atomic E-state index is 0.603. The van der Waals surface area contributed by atoms with Gasteiger partial charge in [-0.3, -0.25) is 5.10 Å². The lowest BCUT2D eigenvalue weighted by atomic mass is 10.2. The number of aryl methyl sites for hydroxylation is 1. The lowest BCUT2D eigenvalue weighted by Gasteiger charge is -1.93. The van der Waals surface area contributed by atoms with Crippen LogP contribution in [0.3, 0.4) is 0 Å². The third-order valence-electron chi connectivity index (χ3n) is 2.28. The van der Waals surface area contributed by atoms with E-state index >= 15 is 0 Å². The van der Waals surface area contributed by atoms with Crippen molar-refractivity contribution in [2.24, 2.45) is 0 Å². The van der Waals surface area contributed by atoms with Crippen molar-refractivity contribution in [3.05, 3.63) is 36.2 Å². The summed E-state index contributed by atoms with van der Waals surface area (Å²) in [6, 6.07) is 9.93. The van der Waals surface area contributed by atoms with Gasteiger partial charge in [0.25, 0.3) is 5.78 Å². The molecule has 15 heavy (non-hydrogen) atoms. The molecule has 0 aliphatic rings. The maximum absolute atomic E-state index is 4.34. The molecule has 2 heterocycles. The van der Waals surface area contributed by atoms with E-state index in [1.54, 1.807) is 4.52 Å². The standard InChI is InChI=1S/C10H9N5/c1-7-12-13-10-11-9(14-15(7)10)8-5-3-2-4-6-8/h2-6H,1H3,(H,11,13,14). The van der Waals surface area contributed by atoms with Gasteiger partial charge in [0.2, 0.25) is 0 Å². The Morgan fingerprint density at radius 3 is 2.67 bits per heavy atom. The van der Waals surface area contributed by atoms with Crippen molar-refractivity contribution in [2.45, 2.75) is 6.92 Å². The number of hydrogen-bond acceptors (Lipinski definition) is 3. The van der Waals surface area contributed by atoms with E-state index in [-0.39, 0.29) is 0 Å². The second kappa shape index (κ2) is 2.91. The molecule has 1 N–H and O–H groups in total. The monoisotopic (exact) mass is 199 g/mol. The Labute approximate surface area is 85.8 Å². The summed E-state index contributed by atoms with van der Waals surface area (Å²) in [7, 11) is 0. The molecule has 0 bridgehead atoms. The van der Waals surface area contributed by atoms with Gasteiger partial charge in [-0.2, -0.15) is 4.98 Å². The molecule has 0 aliphatic heterocycles. The normalized spacial score (nSPS) is 11.0. The number of aromatic nitrogens is 5. The summed E-state index contributed by atoms with van der Waals surface area (Å²) in [6.45, 7) is 1.88. The van der Waals surface area contributed by atoms with E-state index in [1.807, 2.05) is 37.3 Å². The van der Waals surface area contributed by atoms with Crippen molar-refractivity contribution in [1.29, 1.82) is 0 Å². The molecular formula is C10H9N5. The third-order valence-corrected chi connectivity index (χ3v) is 2.28. The minimum Gasteiger partial charge on any atom is -0.272 e. The van der Waals surface area contributed by atoms with Crippen LogP contribution in [-0.2, 0) is 0 Å². The third kappa shape index (κ3) is 1.20. The fourth-order valence-corrected chi connectivity index (χ4v) is 1.51. The van der Waals surface area contributed by atoms with Crippen LogP contribution in [0.25, 0.3) is 17.2 Å². The molecule has 5 nitrogen and oxygen atoms in total. The number of H-pyrrole nitrogens is 1. The molecule has 0 saturated carbocycles. The highest BCUT2D eigenvalue weighted by Crippen LogP contribution is 2.14. The summed E-state index contributed by atoms with van der Waals surface area (Å²) in [5, 5.41) is 11.0. The van der Waals surface area contributed by atoms with Crippen molar-refractivity contribution >= 4 is 5.78 Å². The first-order valence-electron chi connectivity index (χ1n) is 4.68. The molecule has 0 atom stereocenters. The van der Waals surface area contributed by atoms with E-state index in [2.05, 4.69) is 20.3 Å². The topological polar surface area (TPSA) is 58.9 Å². The molecule has 0 radical (unpaired) electrons. The van der Waals surface area contributed by atoms with Crippen LogP contribution in [0.5, 0.6) is 0 Å². The van der Waals surface area contributed by atoms with E-state index in [9.17, 15) is 0 Å². The molecule has 3 rings (SSSR count). The van der Waals surface area contributed by atoms with Gasteiger partial charge in [0.15, 0.2) is 11.6 Å². The average molecular weight is 199 g/mol. The molecule has 0 aliphatic carbocycles. The molecule has 0 unspecified atom stereocenters. The van der Waals surface area contributed by atoms with Gasteiger partial charge in [0.1, 0.15) is 0 Å². The molecule has 5 heteroatoms. The second-order valence-electron chi connectivity index (χ2n) is 3.32. The SMILES string of the molecule is Cc1nnc2nc(-c3ccccc3)[nH]n12. The van der Waals surface area contributed by atoms with Crippen molar-refractivity contribution in [2.75, 3.05) is 0 Å². The number of hydrogen-bond donors (Lipinski definition) is 1. The number of rotatable bonds is 1. The Kier molecular flexibility index (Phi) is 1.58. The summed E-state index contributed by atoms with van der Waals surface area (Å²) >= 11 is 0.